The molecule has 0 aliphatic rings. The average molecular weight is 571 g/mol. The van der Waals surface area contributed by atoms with E-state index in [1.165, 1.54) is 18.3 Å². The summed E-state index contributed by atoms with van der Waals surface area (Å²) in [5, 5.41) is 17.5. The minimum absolute atomic E-state index is 0.0268. The number of rotatable bonds is 16. The van der Waals surface area contributed by atoms with Crippen molar-refractivity contribution >= 4 is 30.2 Å². The Bertz CT molecular complexity index is 1410. The van der Waals surface area contributed by atoms with Crippen molar-refractivity contribution in [2.24, 2.45) is 10.2 Å². The third kappa shape index (κ3) is 10.6. The summed E-state index contributed by atoms with van der Waals surface area (Å²) < 4.78 is 16.1. The van der Waals surface area contributed by atoms with Crippen molar-refractivity contribution in [1.29, 1.82) is 0 Å². The molecule has 9 nitrogen and oxygen atoms in total. The second-order valence-electron chi connectivity index (χ2n) is 9.28. The molecule has 0 saturated carbocycles. The smallest absolute Gasteiger partial charge is 0.343 e. The minimum Gasteiger partial charge on any atom is -0.494 e. The van der Waals surface area contributed by atoms with Crippen molar-refractivity contribution in [3.63, 3.8) is 0 Å². The first-order chi connectivity index (χ1) is 20.4. The van der Waals surface area contributed by atoms with Crippen molar-refractivity contribution in [2.45, 2.75) is 32.6 Å². The van der Waals surface area contributed by atoms with E-state index in [4.69, 9.17) is 14.2 Å². The van der Waals surface area contributed by atoms with Crippen molar-refractivity contribution in [2.75, 3.05) is 19.8 Å². The number of nitrogens with zero attached hydrogens (tertiary/aromatic N) is 2. The van der Waals surface area contributed by atoms with Crippen LogP contribution in [0.15, 0.2) is 89.6 Å². The zero-order valence-corrected chi connectivity index (χ0v) is 23.5. The summed E-state index contributed by atoms with van der Waals surface area (Å²) in [5.74, 6) is -1.04. The minimum atomic E-state index is -0.745. The van der Waals surface area contributed by atoms with Gasteiger partial charge in [0.1, 0.15) is 18.1 Å². The number of aryl methyl sites for hydroxylation is 1. The monoisotopic (exact) mass is 570 g/mol. The van der Waals surface area contributed by atoms with Crippen LogP contribution >= 0.6 is 0 Å². The lowest BCUT2D eigenvalue weighted by atomic mass is 10.1. The van der Waals surface area contributed by atoms with E-state index in [0.717, 1.165) is 42.9 Å². The highest BCUT2D eigenvalue weighted by Crippen LogP contribution is 2.23. The number of benzene rings is 3. The normalized spacial score (nSPS) is 11.0. The van der Waals surface area contributed by atoms with Gasteiger partial charge in [0.25, 0.3) is 0 Å². The van der Waals surface area contributed by atoms with Gasteiger partial charge >= 0.3 is 11.9 Å². The van der Waals surface area contributed by atoms with Crippen molar-refractivity contribution in [3.05, 3.63) is 107 Å². The maximum Gasteiger partial charge on any atom is 0.343 e. The van der Waals surface area contributed by atoms with Crippen LogP contribution in [0.5, 0.6) is 11.5 Å². The van der Waals surface area contributed by atoms with Crippen LogP contribution in [0.2, 0.25) is 0 Å². The summed E-state index contributed by atoms with van der Waals surface area (Å²) >= 11 is 0. The first kappa shape index (κ1) is 31.6. The Hall–Kier alpha value is -4.89. The number of unbranched alkanes of at least 4 members (excludes halogenated alkanes) is 3. The van der Waals surface area contributed by atoms with Crippen LogP contribution < -0.4 is 9.47 Å². The van der Waals surface area contributed by atoms with Crippen LogP contribution in [0.25, 0.3) is 0 Å². The molecule has 0 spiro atoms. The summed E-state index contributed by atoms with van der Waals surface area (Å²) in [4.78, 5) is 36.1. The second kappa shape index (κ2) is 17.0. The van der Waals surface area contributed by atoms with E-state index in [1.807, 2.05) is 31.2 Å². The Kier molecular flexibility index (Phi) is 12.8. The molecule has 0 fully saturated rings. The van der Waals surface area contributed by atoms with Gasteiger partial charge in [0.15, 0.2) is 5.78 Å². The molecule has 42 heavy (non-hydrogen) atoms. The number of aliphatic hydroxyl groups is 1. The maximum absolute atomic E-state index is 12.8. The first-order valence-electron chi connectivity index (χ1n) is 13.5. The number of hydrogen-bond acceptors (Lipinski definition) is 9. The molecule has 9 heteroatoms. The largest absolute Gasteiger partial charge is 0.494 e. The molecule has 0 aliphatic heterocycles. The van der Waals surface area contributed by atoms with Crippen LogP contribution in [0.3, 0.4) is 0 Å². The highest BCUT2D eigenvalue weighted by atomic mass is 16.5. The van der Waals surface area contributed by atoms with Crippen LogP contribution in [0, 0.1) is 6.92 Å². The lowest BCUT2D eigenvalue weighted by molar-refractivity contribution is -0.137. The molecule has 0 amide bonds. The molecule has 0 aromatic heterocycles. The molecule has 0 saturated heterocycles. The molecular formula is C33H34N2O7. The molecule has 0 aliphatic carbocycles. The fourth-order valence-corrected chi connectivity index (χ4v) is 3.70. The lowest BCUT2D eigenvalue weighted by Gasteiger charge is -2.10. The Morgan fingerprint density at radius 2 is 1.48 bits per heavy atom. The maximum atomic E-state index is 12.8. The Morgan fingerprint density at radius 1 is 0.833 bits per heavy atom. The molecule has 218 valence electrons. The molecule has 0 atom stereocenters. The summed E-state index contributed by atoms with van der Waals surface area (Å²) in [5.41, 5.74) is 2.91. The predicted molar refractivity (Wildman–Crippen MR) is 161 cm³/mol. The zero-order valence-electron chi connectivity index (χ0n) is 23.5. The average Bonchev–Trinajstić information content (AvgIpc) is 3.01. The van der Waals surface area contributed by atoms with Crippen LogP contribution in [0.1, 0.15) is 63.1 Å². The van der Waals surface area contributed by atoms with Gasteiger partial charge in [-0.2, -0.15) is 10.2 Å². The van der Waals surface area contributed by atoms with Crippen LogP contribution in [-0.2, 0) is 9.53 Å². The molecule has 0 heterocycles. The van der Waals surface area contributed by atoms with Gasteiger partial charge in [-0.3, -0.25) is 4.79 Å². The fraction of sp³-hybridized carbons (Fsp3) is 0.242. The van der Waals surface area contributed by atoms with Gasteiger partial charge in [-0.05, 0) is 86.2 Å². The van der Waals surface area contributed by atoms with E-state index in [9.17, 15) is 19.5 Å². The Balaban J connectivity index is 1.52. The van der Waals surface area contributed by atoms with Crippen molar-refractivity contribution in [1.82, 2.24) is 0 Å². The summed E-state index contributed by atoms with van der Waals surface area (Å²) in [6, 6.07) is 18.9. The highest BCUT2D eigenvalue weighted by molar-refractivity contribution is 6.02. The topological polar surface area (TPSA) is 124 Å². The SMILES string of the molecule is C=CC(=O)OCCCCCCOc1ccc(C(=O)Oc2ccc(C=NN=Cc3ccc(C)cc3)cc2C(=O)CO)cc1. The quantitative estimate of drug-likeness (QED) is 0.0458. The zero-order chi connectivity index (χ0) is 30.2. The number of esters is 2. The molecule has 0 radical (unpaired) electrons. The lowest BCUT2D eigenvalue weighted by Crippen LogP contribution is -2.13. The van der Waals surface area contributed by atoms with Gasteiger partial charge < -0.3 is 19.3 Å². The summed E-state index contributed by atoms with van der Waals surface area (Å²) in [6.45, 7) is 5.49. The standard InChI is InChI=1S/C33H34N2O7/c1-3-32(38)41-19-7-5-4-6-18-40-28-15-13-27(14-16-28)33(39)42-31-17-12-26(20-29(31)30(37)23-36)22-35-34-21-25-10-8-24(2)9-11-25/h3,8-17,20-22,36H,1,4-7,18-19,23H2,2H3. The van der Waals surface area contributed by atoms with Crippen molar-refractivity contribution in [3.8, 4) is 11.5 Å². The molecule has 3 aromatic rings. The van der Waals surface area contributed by atoms with Crippen molar-refractivity contribution < 1.29 is 33.7 Å². The number of ketones is 1. The van der Waals surface area contributed by atoms with Gasteiger partial charge in [0.05, 0.1) is 36.8 Å². The third-order valence-electron chi connectivity index (χ3n) is 6.02. The van der Waals surface area contributed by atoms with Gasteiger partial charge in [0.2, 0.25) is 0 Å². The van der Waals surface area contributed by atoms with E-state index in [1.54, 1.807) is 36.5 Å². The number of aliphatic hydroxyl groups excluding tert-OH is 1. The van der Waals surface area contributed by atoms with E-state index >= 15 is 0 Å². The Morgan fingerprint density at radius 3 is 2.14 bits per heavy atom. The van der Waals surface area contributed by atoms with Crippen LogP contribution in [-0.4, -0.2) is 55.1 Å². The van der Waals surface area contributed by atoms with Gasteiger partial charge in [-0.1, -0.05) is 36.4 Å². The van der Waals surface area contributed by atoms with E-state index in [0.29, 0.717) is 24.5 Å². The number of carbonyl (C=O) groups excluding carboxylic acids is 3. The van der Waals surface area contributed by atoms with E-state index in [2.05, 4.69) is 16.8 Å². The molecular weight excluding hydrogens is 536 g/mol. The number of carbonyl (C=O) groups is 3. The number of hydrogen-bond donors (Lipinski definition) is 1. The van der Waals surface area contributed by atoms with E-state index < -0.39 is 24.3 Å². The molecule has 3 aromatic carbocycles. The first-order valence-corrected chi connectivity index (χ1v) is 13.5. The third-order valence-corrected chi connectivity index (χ3v) is 6.02. The molecule has 0 unspecified atom stereocenters. The van der Waals surface area contributed by atoms with Crippen LogP contribution in [0.4, 0.5) is 0 Å². The predicted octanol–water partition coefficient (Wildman–Crippen LogP) is 5.51. The molecule has 1 N–H and O–H groups in total. The summed E-state index contributed by atoms with van der Waals surface area (Å²) in [7, 11) is 0. The number of Topliss-reactive ketones (excluding diaryl/α,β-unsaturated/α-hetero) is 1. The second-order valence-corrected chi connectivity index (χ2v) is 9.28. The molecule has 0 bridgehead atoms. The Labute approximate surface area is 245 Å². The molecule has 3 rings (SSSR count). The van der Waals surface area contributed by atoms with E-state index in [-0.39, 0.29) is 16.9 Å². The van der Waals surface area contributed by atoms with Gasteiger partial charge in [0, 0.05) is 6.08 Å². The highest BCUT2D eigenvalue weighted by Gasteiger charge is 2.17. The number of ether oxygens (including phenoxy) is 3. The summed E-state index contributed by atoms with van der Waals surface area (Å²) in [6.07, 6.45) is 7.67. The fourth-order valence-electron chi connectivity index (χ4n) is 3.70. The van der Waals surface area contributed by atoms with Gasteiger partial charge in [-0.15, -0.1) is 0 Å². The van der Waals surface area contributed by atoms with Gasteiger partial charge in [-0.25, -0.2) is 9.59 Å².